The number of hydrogen-bond donors (Lipinski definition) is 1. The fraction of sp³-hybridized carbons (Fsp3) is 0.385. The summed E-state index contributed by atoms with van der Waals surface area (Å²) in [5.41, 5.74) is 0.924. The van der Waals surface area contributed by atoms with E-state index in [1.165, 1.54) is 6.42 Å². The SMILES string of the molecule is C=Cc1ccccn1.O=C1CCCCCN1. The van der Waals surface area contributed by atoms with Crippen LogP contribution in [0.3, 0.4) is 0 Å². The van der Waals surface area contributed by atoms with E-state index in [-0.39, 0.29) is 5.91 Å². The number of hydrogen-bond acceptors (Lipinski definition) is 2. The zero-order valence-corrected chi connectivity index (χ0v) is 9.48. The summed E-state index contributed by atoms with van der Waals surface area (Å²) >= 11 is 0. The molecule has 2 heterocycles. The molecular weight excluding hydrogens is 200 g/mol. The van der Waals surface area contributed by atoms with E-state index in [4.69, 9.17) is 0 Å². The Kier molecular flexibility index (Phi) is 5.92. The molecule has 2 rings (SSSR count). The molecule has 1 amide bonds. The van der Waals surface area contributed by atoms with Crippen LogP contribution < -0.4 is 5.32 Å². The van der Waals surface area contributed by atoms with Crippen molar-refractivity contribution in [3.05, 3.63) is 36.7 Å². The van der Waals surface area contributed by atoms with Crippen LogP contribution >= 0.6 is 0 Å². The molecule has 0 aromatic carbocycles. The fourth-order valence-electron chi connectivity index (χ4n) is 1.40. The molecule has 0 aliphatic carbocycles. The van der Waals surface area contributed by atoms with Gasteiger partial charge in [0.25, 0.3) is 0 Å². The number of pyridine rings is 1. The molecule has 0 spiro atoms. The molecule has 1 aromatic rings. The first-order chi connectivity index (χ1) is 7.83. The summed E-state index contributed by atoms with van der Waals surface area (Å²) in [5.74, 6) is 0.225. The third kappa shape index (κ3) is 5.29. The molecule has 1 fully saturated rings. The Hall–Kier alpha value is -1.64. The van der Waals surface area contributed by atoms with Crippen molar-refractivity contribution in [1.29, 1.82) is 0 Å². The Morgan fingerprint density at radius 3 is 2.81 bits per heavy atom. The molecule has 16 heavy (non-hydrogen) atoms. The van der Waals surface area contributed by atoms with Crippen LogP contribution in [0.5, 0.6) is 0 Å². The van der Waals surface area contributed by atoms with Gasteiger partial charge in [-0.2, -0.15) is 0 Å². The second-order valence-electron chi connectivity index (χ2n) is 3.62. The minimum absolute atomic E-state index is 0.225. The minimum atomic E-state index is 0.225. The second-order valence-corrected chi connectivity index (χ2v) is 3.62. The van der Waals surface area contributed by atoms with Gasteiger partial charge < -0.3 is 5.32 Å². The molecule has 86 valence electrons. The summed E-state index contributed by atoms with van der Waals surface area (Å²) < 4.78 is 0. The van der Waals surface area contributed by atoms with Crippen LogP contribution in [-0.4, -0.2) is 17.4 Å². The quantitative estimate of drug-likeness (QED) is 0.786. The Morgan fingerprint density at radius 1 is 1.31 bits per heavy atom. The highest BCUT2D eigenvalue weighted by Crippen LogP contribution is 2.02. The van der Waals surface area contributed by atoms with Crippen molar-refractivity contribution >= 4 is 12.0 Å². The molecule has 0 bridgehead atoms. The van der Waals surface area contributed by atoms with E-state index in [2.05, 4.69) is 16.9 Å². The molecule has 3 nitrogen and oxygen atoms in total. The first-order valence-corrected chi connectivity index (χ1v) is 5.63. The molecule has 1 saturated heterocycles. The van der Waals surface area contributed by atoms with E-state index in [9.17, 15) is 4.79 Å². The molecule has 0 unspecified atom stereocenters. The normalized spacial score (nSPS) is 15.1. The van der Waals surface area contributed by atoms with Gasteiger partial charge in [-0.25, -0.2) is 0 Å². The number of nitrogens with one attached hydrogen (secondary N) is 1. The van der Waals surface area contributed by atoms with Gasteiger partial charge in [0.05, 0.1) is 5.69 Å². The van der Waals surface area contributed by atoms with Gasteiger partial charge in [-0.15, -0.1) is 0 Å². The van der Waals surface area contributed by atoms with Crippen molar-refractivity contribution in [3.63, 3.8) is 0 Å². The summed E-state index contributed by atoms with van der Waals surface area (Å²) in [4.78, 5) is 14.6. The van der Waals surface area contributed by atoms with E-state index < -0.39 is 0 Å². The standard InChI is InChI=1S/C7H7N.C6H11NO/c1-2-7-5-3-4-6-8-7;8-6-4-2-1-3-5-7-6/h2-6H,1H2;1-5H2,(H,7,8). The first kappa shape index (κ1) is 12.4. The van der Waals surface area contributed by atoms with Crippen LogP contribution in [-0.2, 0) is 4.79 Å². The first-order valence-electron chi connectivity index (χ1n) is 5.63. The highest BCUT2D eigenvalue weighted by atomic mass is 16.1. The average molecular weight is 218 g/mol. The van der Waals surface area contributed by atoms with Gasteiger partial charge >= 0.3 is 0 Å². The number of nitrogens with zero attached hydrogens (tertiary/aromatic N) is 1. The van der Waals surface area contributed by atoms with Crippen LogP contribution in [0.15, 0.2) is 31.0 Å². The van der Waals surface area contributed by atoms with Gasteiger partial charge in [0, 0.05) is 19.2 Å². The summed E-state index contributed by atoms with van der Waals surface area (Å²) in [5, 5.41) is 2.81. The Labute approximate surface area is 96.6 Å². The average Bonchev–Trinajstić information content (AvgIpc) is 2.59. The molecule has 1 N–H and O–H groups in total. The van der Waals surface area contributed by atoms with E-state index >= 15 is 0 Å². The summed E-state index contributed by atoms with van der Waals surface area (Å²) in [6.45, 7) is 4.46. The predicted molar refractivity (Wildman–Crippen MR) is 65.8 cm³/mol. The topological polar surface area (TPSA) is 42.0 Å². The lowest BCUT2D eigenvalue weighted by Crippen LogP contribution is -2.21. The van der Waals surface area contributed by atoms with Crippen LogP contribution in [0.4, 0.5) is 0 Å². The minimum Gasteiger partial charge on any atom is -0.356 e. The number of carbonyl (C=O) groups excluding carboxylic acids is 1. The molecule has 1 aliphatic rings. The molecule has 1 aromatic heterocycles. The van der Waals surface area contributed by atoms with Gasteiger partial charge in [0.1, 0.15) is 0 Å². The van der Waals surface area contributed by atoms with E-state index in [1.807, 2.05) is 18.2 Å². The molecule has 0 radical (unpaired) electrons. The van der Waals surface area contributed by atoms with Gasteiger partial charge in [-0.1, -0.05) is 19.1 Å². The molecule has 0 saturated carbocycles. The number of aromatic nitrogens is 1. The van der Waals surface area contributed by atoms with Crippen LogP contribution in [0.25, 0.3) is 6.08 Å². The number of carbonyl (C=O) groups is 1. The largest absolute Gasteiger partial charge is 0.356 e. The maximum Gasteiger partial charge on any atom is 0.219 e. The highest BCUT2D eigenvalue weighted by Gasteiger charge is 2.03. The van der Waals surface area contributed by atoms with E-state index in [1.54, 1.807) is 12.3 Å². The van der Waals surface area contributed by atoms with Gasteiger partial charge in [-0.05, 0) is 31.1 Å². The smallest absolute Gasteiger partial charge is 0.219 e. The predicted octanol–water partition coefficient (Wildman–Crippen LogP) is 2.40. The second kappa shape index (κ2) is 7.63. The Morgan fingerprint density at radius 2 is 2.19 bits per heavy atom. The summed E-state index contributed by atoms with van der Waals surface area (Å²) in [7, 11) is 0. The lowest BCUT2D eigenvalue weighted by Gasteiger charge is -1.93. The summed E-state index contributed by atoms with van der Waals surface area (Å²) in [6.07, 6.45) is 7.65. The van der Waals surface area contributed by atoms with Crippen molar-refractivity contribution in [2.45, 2.75) is 25.7 Å². The highest BCUT2D eigenvalue weighted by molar-refractivity contribution is 5.75. The van der Waals surface area contributed by atoms with Gasteiger partial charge in [0.15, 0.2) is 0 Å². The molecule has 1 aliphatic heterocycles. The van der Waals surface area contributed by atoms with Crippen molar-refractivity contribution in [1.82, 2.24) is 10.3 Å². The Bertz CT molecular complexity index is 312. The van der Waals surface area contributed by atoms with Crippen LogP contribution in [0, 0.1) is 0 Å². The van der Waals surface area contributed by atoms with E-state index in [0.717, 1.165) is 31.5 Å². The lowest BCUT2D eigenvalue weighted by atomic mass is 10.2. The van der Waals surface area contributed by atoms with Crippen molar-refractivity contribution in [2.24, 2.45) is 0 Å². The van der Waals surface area contributed by atoms with Gasteiger partial charge in [-0.3, -0.25) is 9.78 Å². The third-order valence-electron chi connectivity index (χ3n) is 2.30. The van der Waals surface area contributed by atoms with Crippen molar-refractivity contribution in [3.8, 4) is 0 Å². The maximum atomic E-state index is 10.6. The third-order valence-corrected chi connectivity index (χ3v) is 2.30. The summed E-state index contributed by atoms with van der Waals surface area (Å²) in [6, 6.07) is 5.73. The van der Waals surface area contributed by atoms with Gasteiger partial charge in [0.2, 0.25) is 5.91 Å². The fourth-order valence-corrected chi connectivity index (χ4v) is 1.40. The molecule has 0 atom stereocenters. The lowest BCUT2D eigenvalue weighted by molar-refractivity contribution is -0.120. The van der Waals surface area contributed by atoms with Crippen LogP contribution in [0.1, 0.15) is 31.4 Å². The van der Waals surface area contributed by atoms with Crippen molar-refractivity contribution in [2.75, 3.05) is 6.54 Å². The monoisotopic (exact) mass is 218 g/mol. The Balaban J connectivity index is 0.000000160. The number of rotatable bonds is 1. The molecular formula is C13H18N2O. The van der Waals surface area contributed by atoms with Crippen LogP contribution in [0.2, 0.25) is 0 Å². The van der Waals surface area contributed by atoms with E-state index in [0.29, 0.717) is 0 Å². The molecule has 3 heteroatoms. The maximum absolute atomic E-state index is 10.6. The number of amides is 1. The van der Waals surface area contributed by atoms with Crippen molar-refractivity contribution < 1.29 is 4.79 Å². The zero-order chi connectivity index (χ0) is 11.6. The zero-order valence-electron chi connectivity index (χ0n) is 9.48.